The zero-order valence-corrected chi connectivity index (χ0v) is 12.8. The van der Waals surface area contributed by atoms with Gasteiger partial charge < -0.3 is 5.32 Å². The molecule has 2 saturated heterocycles. The van der Waals surface area contributed by atoms with Gasteiger partial charge in [-0.3, -0.25) is 0 Å². The lowest BCUT2D eigenvalue weighted by molar-refractivity contribution is 0.166. The summed E-state index contributed by atoms with van der Waals surface area (Å²) in [4.78, 5) is 0. The molecular weight excluding hydrogens is 291 g/mol. The second-order valence-corrected chi connectivity index (χ2v) is 8.18. The highest BCUT2D eigenvalue weighted by molar-refractivity contribution is 7.88. The van der Waals surface area contributed by atoms with Gasteiger partial charge in [0.25, 0.3) is 0 Å². The van der Waals surface area contributed by atoms with Crippen molar-refractivity contribution in [3.8, 4) is 0 Å². The van der Waals surface area contributed by atoms with E-state index in [2.05, 4.69) is 5.32 Å². The fourth-order valence-electron chi connectivity index (χ4n) is 3.45. The zero-order chi connectivity index (χ0) is 14.9. The molecule has 1 aromatic carbocycles. The van der Waals surface area contributed by atoms with E-state index in [-0.39, 0.29) is 16.7 Å². The van der Waals surface area contributed by atoms with Crippen molar-refractivity contribution in [1.29, 1.82) is 0 Å². The van der Waals surface area contributed by atoms with Crippen LogP contribution in [0.1, 0.15) is 24.8 Å². The highest BCUT2D eigenvalue weighted by Gasteiger charge is 2.41. The Morgan fingerprint density at radius 3 is 2.81 bits per heavy atom. The molecule has 116 valence electrons. The zero-order valence-electron chi connectivity index (χ0n) is 12.0. The summed E-state index contributed by atoms with van der Waals surface area (Å²) in [5.74, 6) is -0.696. The molecule has 1 aromatic rings. The van der Waals surface area contributed by atoms with Crippen LogP contribution in [0.3, 0.4) is 0 Å². The largest absolute Gasteiger partial charge is 0.316 e. The van der Waals surface area contributed by atoms with Gasteiger partial charge in [0.2, 0.25) is 10.0 Å². The van der Waals surface area contributed by atoms with Gasteiger partial charge in [0.1, 0.15) is 5.82 Å². The third kappa shape index (κ3) is 3.12. The van der Waals surface area contributed by atoms with Gasteiger partial charge in [-0.1, -0.05) is 18.2 Å². The second-order valence-electron chi connectivity index (χ2n) is 6.21. The number of hydrogen-bond donors (Lipinski definition) is 1. The monoisotopic (exact) mass is 312 g/mol. The minimum absolute atomic E-state index is 0.0839. The van der Waals surface area contributed by atoms with Gasteiger partial charge in [-0.25, -0.2) is 17.1 Å². The van der Waals surface area contributed by atoms with Crippen molar-refractivity contribution in [3.63, 3.8) is 0 Å². The molecule has 0 radical (unpaired) electrons. The number of halogens is 1. The van der Waals surface area contributed by atoms with E-state index in [0.717, 1.165) is 32.4 Å². The van der Waals surface area contributed by atoms with Gasteiger partial charge in [-0.2, -0.15) is 0 Å². The number of nitrogens with one attached hydrogen (secondary N) is 1. The van der Waals surface area contributed by atoms with Crippen LogP contribution < -0.4 is 5.32 Å². The summed E-state index contributed by atoms with van der Waals surface area (Å²) in [6, 6.07) is 6.10. The Labute approximate surface area is 125 Å². The molecule has 0 aliphatic carbocycles. The second kappa shape index (κ2) is 5.66. The average molecular weight is 312 g/mol. The summed E-state index contributed by atoms with van der Waals surface area (Å²) in [5, 5.41) is 3.33. The summed E-state index contributed by atoms with van der Waals surface area (Å²) >= 11 is 0. The van der Waals surface area contributed by atoms with Crippen molar-refractivity contribution in [2.75, 3.05) is 26.2 Å². The number of rotatable bonds is 3. The predicted molar refractivity (Wildman–Crippen MR) is 79.8 cm³/mol. The van der Waals surface area contributed by atoms with Crippen LogP contribution in [0.4, 0.5) is 4.39 Å². The number of piperidine rings is 1. The molecule has 2 heterocycles. The van der Waals surface area contributed by atoms with Gasteiger partial charge in [0.15, 0.2) is 0 Å². The van der Waals surface area contributed by atoms with Crippen molar-refractivity contribution in [1.82, 2.24) is 9.62 Å². The average Bonchev–Trinajstić information content (AvgIpc) is 2.89. The predicted octanol–water partition coefficient (Wildman–Crippen LogP) is 1.73. The van der Waals surface area contributed by atoms with Crippen molar-refractivity contribution < 1.29 is 12.8 Å². The van der Waals surface area contributed by atoms with Crippen LogP contribution in [-0.4, -0.2) is 38.9 Å². The summed E-state index contributed by atoms with van der Waals surface area (Å²) in [6.45, 7) is 2.97. The highest BCUT2D eigenvalue weighted by atomic mass is 32.2. The summed E-state index contributed by atoms with van der Waals surface area (Å²) in [6.07, 6.45) is 2.99. The van der Waals surface area contributed by atoms with Crippen molar-refractivity contribution >= 4 is 10.0 Å². The number of sulfonamides is 1. The van der Waals surface area contributed by atoms with Crippen LogP contribution in [0.15, 0.2) is 24.3 Å². The first-order chi connectivity index (χ1) is 10.0. The highest BCUT2D eigenvalue weighted by Crippen LogP contribution is 2.36. The van der Waals surface area contributed by atoms with E-state index in [9.17, 15) is 12.8 Å². The lowest BCUT2D eigenvalue weighted by Gasteiger charge is -2.39. The molecule has 0 amide bonds. The summed E-state index contributed by atoms with van der Waals surface area (Å²) < 4.78 is 40.4. The third-order valence-electron chi connectivity index (χ3n) is 4.65. The van der Waals surface area contributed by atoms with E-state index in [0.29, 0.717) is 13.1 Å². The first-order valence-corrected chi connectivity index (χ1v) is 9.04. The molecule has 0 bridgehead atoms. The maximum atomic E-state index is 13.7. The Bertz CT molecular complexity index is 612. The SMILES string of the molecule is O=S(=O)(Cc1ccccc1F)N1CCCC2(CCNC2)C1. The third-order valence-corrected chi connectivity index (χ3v) is 6.42. The maximum absolute atomic E-state index is 13.7. The van der Waals surface area contributed by atoms with E-state index in [1.807, 2.05) is 0 Å². The maximum Gasteiger partial charge on any atom is 0.218 e. The Kier molecular flexibility index (Phi) is 4.03. The number of nitrogens with zero attached hydrogens (tertiary/aromatic N) is 1. The van der Waals surface area contributed by atoms with Gasteiger partial charge in [-0.05, 0) is 37.3 Å². The molecular formula is C15H21FN2O2S. The molecule has 3 rings (SSSR count). The van der Waals surface area contributed by atoms with E-state index >= 15 is 0 Å². The van der Waals surface area contributed by atoms with E-state index in [4.69, 9.17) is 0 Å². The normalized spacial score (nSPS) is 27.3. The van der Waals surface area contributed by atoms with E-state index < -0.39 is 15.8 Å². The fraction of sp³-hybridized carbons (Fsp3) is 0.600. The van der Waals surface area contributed by atoms with Crippen molar-refractivity contribution in [3.05, 3.63) is 35.6 Å². The standard InChI is InChI=1S/C15H21FN2O2S/c16-14-5-2-1-4-13(14)10-21(19,20)18-9-3-6-15(12-18)7-8-17-11-15/h1-2,4-5,17H,3,6-12H2. The topological polar surface area (TPSA) is 49.4 Å². The van der Waals surface area contributed by atoms with Crippen LogP contribution >= 0.6 is 0 Å². The molecule has 2 aliphatic heterocycles. The number of hydrogen-bond acceptors (Lipinski definition) is 3. The van der Waals surface area contributed by atoms with Crippen LogP contribution in [0.2, 0.25) is 0 Å². The molecule has 4 nitrogen and oxygen atoms in total. The molecule has 1 atom stereocenters. The van der Waals surface area contributed by atoms with Crippen LogP contribution in [0.5, 0.6) is 0 Å². The Morgan fingerprint density at radius 2 is 2.10 bits per heavy atom. The molecule has 0 aromatic heterocycles. The van der Waals surface area contributed by atoms with Gasteiger partial charge >= 0.3 is 0 Å². The Balaban J connectivity index is 1.77. The van der Waals surface area contributed by atoms with Crippen LogP contribution in [0.25, 0.3) is 0 Å². The minimum Gasteiger partial charge on any atom is -0.316 e. The minimum atomic E-state index is -3.46. The van der Waals surface area contributed by atoms with E-state index in [1.54, 1.807) is 22.5 Å². The summed E-state index contributed by atoms with van der Waals surface area (Å²) in [7, 11) is -3.46. The van der Waals surface area contributed by atoms with Crippen LogP contribution in [-0.2, 0) is 15.8 Å². The van der Waals surface area contributed by atoms with Crippen molar-refractivity contribution in [2.45, 2.75) is 25.0 Å². The molecule has 0 saturated carbocycles. The molecule has 2 fully saturated rings. The fourth-order valence-corrected chi connectivity index (χ4v) is 5.13. The quantitative estimate of drug-likeness (QED) is 0.925. The lowest BCUT2D eigenvalue weighted by Crippen LogP contribution is -2.47. The first-order valence-electron chi connectivity index (χ1n) is 7.43. The van der Waals surface area contributed by atoms with Crippen molar-refractivity contribution in [2.24, 2.45) is 5.41 Å². The van der Waals surface area contributed by atoms with Gasteiger partial charge in [-0.15, -0.1) is 0 Å². The van der Waals surface area contributed by atoms with Crippen LogP contribution in [0, 0.1) is 11.2 Å². The molecule has 1 spiro atoms. The van der Waals surface area contributed by atoms with Gasteiger partial charge in [0, 0.05) is 25.2 Å². The summed E-state index contributed by atoms with van der Waals surface area (Å²) in [5.41, 5.74) is 0.335. The van der Waals surface area contributed by atoms with Gasteiger partial charge in [0.05, 0.1) is 5.75 Å². The molecule has 6 heteroatoms. The Morgan fingerprint density at radius 1 is 1.29 bits per heavy atom. The molecule has 2 aliphatic rings. The van der Waals surface area contributed by atoms with E-state index in [1.165, 1.54) is 6.07 Å². The first kappa shape index (κ1) is 14.9. The molecule has 21 heavy (non-hydrogen) atoms. The Hall–Kier alpha value is -0.980. The number of benzene rings is 1. The molecule has 1 unspecified atom stereocenters. The molecule has 1 N–H and O–H groups in total. The smallest absolute Gasteiger partial charge is 0.218 e. The lowest BCUT2D eigenvalue weighted by atomic mass is 9.80.